The number of nitrogens with one attached hydrogen (secondary N) is 4. The summed E-state index contributed by atoms with van der Waals surface area (Å²) in [6.45, 7) is 0.881. The summed E-state index contributed by atoms with van der Waals surface area (Å²) in [5.41, 5.74) is 4.28. The first kappa shape index (κ1) is 20.3. The molecule has 8 nitrogen and oxygen atoms in total. The third kappa shape index (κ3) is 3.95. The monoisotopic (exact) mass is 449 g/mol. The van der Waals surface area contributed by atoms with Gasteiger partial charge in [0, 0.05) is 27.7 Å². The van der Waals surface area contributed by atoms with Crippen LogP contribution in [0.25, 0.3) is 33.2 Å². The quantitative estimate of drug-likeness (QED) is 0.312. The van der Waals surface area contributed by atoms with Gasteiger partial charge in [0.25, 0.3) is 0 Å². The number of amides is 1. The van der Waals surface area contributed by atoms with Gasteiger partial charge in [-0.2, -0.15) is 5.10 Å². The molecule has 34 heavy (non-hydrogen) atoms. The van der Waals surface area contributed by atoms with Crippen LogP contribution in [0.1, 0.15) is 12.8 Å². The number of aromatic amines is 1. The average molecular weight is 450 g/mol. The molecule has 0 radical (unpaired) electrons. The van der Waals surface area contributed by atoms with Crippen molar-refractivity contribution >= 4 is 44.9 Å². The third-order valence-electron chi connectivity index (χ3n) is 6.07. The molecular formula is C26H23N7O. The number of aromatic nitrogens is 4. The van der Waals surface area contributed by atoms with Gasteiger partial charge in [0.1, 0.15) is 5.82 Å². The van der Waals surface area contributed by atoms with E-state index in [1.54, 1.807) is 6.20 Å². The van der Waals surface area contributed by atoms with Crippen molar-refractivity contribution in [3.05, 3.63) is 72.9 Å². The number of carbonyl (C=O) groups is 1. The van der Waals surface area contributed by atoms with E-state index in [1.807, 2.05) is 66.7 Å². The van der Waals surface area contributed by atoms with Crippen molar-refractivity contribution < 1.29 is 4.79 Å². The average Bonchev–Trinajstić information content (AvgIpc) is 3.56. The molecule has 5 aromatic rings. The molecule has 3 aromatic carbocycles. The first-order chi connectivity index (χ1) is 16.7. The number of benzene rings is 3. The lowest BCUT2D eigenvalue weighted by Gasteiger charge is -2.13. The lowest BCUT2D eigenvalue weighted by molar-refractivity contribution is -0.117. The smallest absolute Gasteiger partial charge is 0.241 e. The normalized spacial score (nSPS) is 15.6. The summed E-state index contributed by atoms with van der Waals surface area (Å²) in [6.07, 6.45) is 3.68. The second-order valence-corrected chi connectivity index (χ2v) is 8.43. The topological polar surface area (TPSA) is 108 Å². The zero-order valence-corrected chi connectivity index (χ0v) is 18.4. The Labute approximate surface area is 195 Å². The molecule has 1 fully saturated rings. The van der Waals surface area contributed by atoms with Crippen LogP contribution in [0.3, 0.4) is 0 Å². The lowest BCUT2D eigenvalue weighted by atomic mass is 10.1. The fraction of sp³-hybridized carbons (Fsp3) is 0.154. The van der Waals surface area contributed by atoms with Crippen molar-refractivity contribution in [1.29, 1.82) is 0 Å². The van der Waals surface area contributed by atoms with Gasteiger partial charge in [0.05, 0.1) is 23.3 Å². The number of rotatable bonds is 5. The molecule has 168 valence electrons. The van der Waals surface area contributed by atoms with E-state index in [0.717, 1.165) is 58.1 Å². The second-order valence-electron chi connectivity index (χ2n) is 8.43. The molecule has 2 aromatic heterocycles. The first-order valence-electron chi connectivity index (χ1n) is 11.3. The fourth-order valence-electron chi connectivity index (χ4n) is 4.33. The van der Waals surface area contributed by atoms with E-state index in [-0.39, 0.29) is 11.9 Å². The highest BCUT2D eigenvalue weighted by Gasteiger charge is 2.22. The van der Waals surface area contributed by atoms with Gasteiger partial charge in [-0.05, 0) is 61.9 Å². The number of anilines is 3. The summed E-state index contributed by atoms with van der Waals surface area (Å²) in [6, 6.07) is 21.5. The highest BCUT2D eigenvalue weighted by Crippen LogP contribution is 2.29. The molecule has 4 N–H and O–H groups in total. The molecule has 0 unspecified atom stereocenters. The Kier molecular flexibility index (Phi) is 5.12. The van der Waals surface area contributed by atoms with Crippen LogP contribution >= 0.6 is 0 Å². The Bertz CT molecular complexity index is 1500. The summed E-state index contributed by atoms with van der Waals surface area (Å²) in [7, 11) is 0. The van der Waals surface area contributed by atoms with Crippen molar-refractivity contribution in [2.75, 3.05) is 17.2 Å². The van der Waals surface area contributed by atoms with E-state index < -0.39 is 0 Å². The maximum atomic E-state index is 12.5. The number of para-hydroxylation sites is 1. The van der Waals surface area contributed by atoms with Gasteiger partial charge in [-0.3, -0.25) is 9.89 Å². The van der Waals surface area contributed by atoms with Gasteiger partial charge in [-0.1, -0.05) is 24.3 Å². The number of nitrogens with zero attached hydrogens (tertiary/aromatic N) is 3. The standard InChI is InChI=1S/C26H23N7O/c34-26(23-9-4-12-27-23)30-18-6-3-5-16(13-18)24-31-22-8-2-1-7-20(22)25(32-24)29-19-10-11-21-17(14-19)15-28-33-21/h1-3,5-8,10-11,13-15,23,27H,4,9,12H2,(H,28,33)(H,30,34)(H,29,31,32)/t23-/m0/s1. The number of carbonyl (C=O) groups excluding carboxylic acids is 1. The molecule has 3 heterocycles. The molecule has 6 rings (SSSR count). The summed E-state index contributed by atoms with van der Waals surface area (Å²) >= 11 is 0. The number of hydrogen-bond donors (Lipinski definition) is 4. The molecule has 0 aliphatic carbocycles. The van der Waals surface area contributed by atoms with Gasteiger partial charge in [-0.25, -0.2) is 9.97 Å². The fourth-order valence-corrected chi connectivity index (χ4v) is 4.33. The summed E-state index contributed by atoms with van der Waals surface area (Å²) in [5, 5.41) is 18.7. The van der Waals surface area contributed by atoms with Gasteiger partial charge in [0.2, 0.25) is 5.91 Å². The highest BCUT2D eigenvalue weighted by molar-refractivity contribution is 5.96. The lowest BCUT2D eigenvalue weighted by Crippen LogP contribution is -2.35. The van der Waals surface area contributed by atoms with Crippen LogP contribution in [0.2, 0.25) is 0 Å². The molecule has 0 spiro atoms. The minimum Gasteiger partial charge on any atom is -0.340 e. The Morgan fingerprint density at radius 1 is 0.971 bits per heavy atom. The van der Waals surface area contributed by atoms with Crippen LogP contribution in [-0.2, 0) is 4.79 Å². The summed E-state index contributed by atoms with van der Waals surface area (Å²) in [4.78, 5) is 22.2. The molecular weight excluding hydrogens is 426 g/mol. The van der Waals surface area contributed by atoms with E-state index in [2.05, 4.69) is 26.1 Å². The van der Waals surface area contributed by atoms with Gasteiger partial charge >= 0.3 is 0 Å². The number of hydrogen-bond acceptors (Lipinski definition) is 6. The minimum absolute atomic E-state index is 0.00826. The first-order valence-corrected chi connectivity index (χ1v) is 11.3. The maximum absolute atomic E-state index is 12.5. The molecule has 1 amide bonds. The highest BCUT2D eigenvalue weighted by atomic mass is 16.2. The number of H-pyrrole nitrogens is 1. The van der Waals surface area contributed by atoms with Crippen LogP contribution in [0, 0.1) is 0 Å². The van der Waals surface area contributed by atoms with Crippen LogP contribution in [0.15, 0.2) is 72.9 Å². The van der Waals surface area contributed by atoms with Crippen LogP contribution in [-0.4, -0.2) is 38.7 Å². The van der Waals surface area contributed by atoms with Crippen molar-refractivity contribution in [2.45, 2.75) is 18.9 Å². The Hall–Kier alpha value is -4.30. The Balaban J connectivity index is 1.35. The van der Waals surface area contributed by atoms with E-state index in [1.165, 1.54) is 0 Å². The van der Waals surface area contributed by atoms with Crippen molar-refractivity contribution in [3.63, 3.8) is 0 Å². The van der Waals surface area contributed by atoms with Crippen molar-refractivity contribution in [1.82, 2.24) is 25.5 Å². The SMILES string of the molecule is O=C(Nc1cccc(-c2nc(Nc3ccc4[nH]ncc4c3)c3ccccc3n2)c1)[C@@H]1CCCN1. The molecule has 0 bridgehead atoms. The molecule has 1 saturated heterocycles. The van der Waals surface area contributed by atoms with E-state index in [0.29, 0.717) is 11.6 Å². The second kappa shape index (κ2) is 8.57. The van der Waals surface area contributed by atoms with Crippen LogP contribution < -0.4 is 16.0 Å². The zero-order valence-electron chi connectivity index (χ0n) is 18.4. The van der Waals surface area contributed by atoms with Crippen LogP contribution in [0.4, 0.5) is 17.2 Å². The van der Waals surface area contributed by atoms with Crippen molar-refractivity contribution in [2.24, 2.45) is 0 Å². The molecule has 8 heteroatoms. The predicted molar refractivity (Wildman–Crippen MR) is 134 cm³/mol. The molecule has 1 aliphatic heterocycles. The Morgan fingerprint density at radius 2 is 1.91 bits per heavy atom. The molecule has 1 aliphatic rings. The summed E-state index contributed by atoms with van der Waals surface area (Å²) < 4.78 is 0. The number of fused-ring (bicyclic) bond motifs is 2. The minimum atomic E-state index is -0.135. The van der Waals surface area contributed by atoms with Gasteiger partial charge in [0.15, 0.2) is 5.82 Å². The predicted octanol–water partition coefficient (Wildman–Crippen LogP) is 4.61. The van der Waals surface area contributed by atoms with Gasteiger partial charge < -0.3 is 16.0 Å². The van der Waals surface area contributed by atoms with Crippen LogP contribution in [0.5, 0.6) is 0 Å². The van der Waals surface area contributed by atoms with Crippen molar-refractivity contribution in [3.8, 4) is 11.4 Å². The maximum Gasteiger partial charge on any atom is 0.241 e. The zero-order chi connectivity index (χ0) is 22.9. The summed E-state index contributed by atoms with van der Waals surface area (Å²) in [5.74, 6) is 1.29. The molecule has 1 atom stereocenters. The van der Waals surface area contributed by atoms with Gasteiger partial charge in [-0.15, -0.1) is 0 Å². The Morgan fingerprint density at radius 3 is 2.82 bits per heavy atom. The molecule has 0 saturated carbocycles. The van der Waals surface area contributed by atoms with E-state index in [4.69, 9.17) is 9.97 Å². The van der Waals surface area contributed by atoms with E-state index >= 15 is 0 Å². The largest absolute Gasteiger partial charge is 0.340 e. The third-order valence-corrected chi connectivity index (χ3v) is 6.07. The van der Waals surface area contributed by atoms with E-state index in [9.17, 15) is 4.79 Å².